The molecule has 0 spiro atoms. The molecule has 0 amide bonds. The van der Waals surface area contributed by atoms with E-state index in [9.17, 15) is 41.0 Å². The van der Waals surface area contributed by atoms with Gasteiger partial charge in [0, 0.05) is 12.3 Å². The van der Waals surface area contributed by atoms with Gasteiger partial charge in [0.05, 0.1) is 0 Å². The molecule has 0 bridgehead atoms. The Morgan fingerprint density at radius 3 is 1.78 bits per heavy atom. The standard InChI is InChI=1S/C13H15F6O4/c1-6(2)9(20)5-7(3)8(4)23-10(21)11(22,12(14,15)16)13(17,18)19/h7-8H,1,5H2,2-4H3/q-1. The van der Waals surface area contributed by atoms with Gasteiger partial charge in [-0.2, -0.15) is 26.3 Å². The van der Waals surface area contributed by atoms with E-state index in [4.69, 9.17) is 0 Å². The zero-order valence-electron chi connectivity index (χ0n) is 12.5. The predicted octanol–water partition coefficient (Wildman–Crippen LogP) is 2.31. The second kappa shape index (κ2) is 6.90. The van der Waals surface area contributed by atoms with Crippen molar-refractivity contribution < 1.29 is 45.8 Å². The second-order valence-corrected chi connectivity index (χ2v) is 5.17. The van der Waals surface area contributed by atoms with E-state index >= 15 is 0 Å². The molecule has 0 radical (unpaired) electrons. The van der Waals surface area contributed by atoms with E-state index in [1.165, 1.54) is 13.8 Å². The molecule has 134 valence electrons. The number of alkyl halides is 6. The van der Waals surface area contributed by atoms with Gasteiger partial charge < -0.3 is 9.84 Å². The Labute approximate surface area is 128 Å². The zero-order valence-corrected chi connectivity index (χ0v) is 12.5. The molecule has 0 aliphatic heterocycles. The molecule has 0 heterocycles. The van der Waals surface area contributed by atoms with Gasteiger partial charge >= 0.3 is 18.3 Å². The number of rotatable bonds is 6. The smallest absolute Gasteiger partial charge is 0.399 e. The fraction of sp³-hybridized carbons (Fsp3) is 0.692. The normalized spacial score (nSPS) is 15.7. The highest BCUT2D eigenvalue weighted by molar-refractivity contribution is 5.94. The Hall–Kier alpha value is -1.58. The average Bonchev–Trinajstić information content (AvgIpc) is 2.34. The molecule has 0 aliphatic carbocycles. The van der Waals surface area contributed by atoms with Gasteiger partial charge in [-0.15, -0.1) is 0 Å². The summed E-state index contributed by atoms with van der Waals surface area (Å²) in [5, 5.41) is 11.1. The zero-order chi connectivity index (χ0) is 18.8. The van der Waals surface area contributed by atoms with E-state index in [2.05, 4.69) is 11.3 Å². The fourth-order valence-corrected chi connectivity index (χ4v) is 1.39. The minimum Gasteiger partial charge on any atom is -0.828 e. The quantitative estimate of drug-likeness (QED) is 0.419. The number of ketones is 1. The number of Topliss-reactive ketones (excluding diaryl/α,β-unsaturated/α-hetero) is 1. The van der Waals surface area contributed by atoms with Crippen molar-refractivity contribution in [3.63, 3.8) is 0 Å². The molecule has 0 aromatic carbocycles. The molecule has 10 heteroatoms. The summed E-state index contributed by atoms with van der Waals surface area (Å²) in [7, 11) is 0. The van der Waals surface area contributed by atoms with Crippen molar-refractivity contribution in [3.8, 4) is 0 Å². The topological polar surface area (TPSA) is 66.4 Å². The fourth-order valence-electron chi connectivity index (χ4n) is 1.39. The lowest BCUT2D eigenvalue weighted by molar-refractivity contribution is -0.574. The van der Waals surface area contributed by atoms with Crippen molar-refractivity contribution in [1.29, 1.82) is 0 Å². The summed E-state index contributed by atoms with van der Waals surface area (Å²) in [4.78, 5) is 22.6. The van der Waals surface area contributed by atoms with Gasteiger partial charge in [-0.05, 0) is 19.4 Å². The molecule has 0 rings (SSSR count). The summed E-state index contributed by atoms with van der Waals surface area (Å²) in [6, 6.07) is 0. The van der Waals surface area contributed by atoms with Crippen LogP contribution < -0.4 is 5.11 Å². The van der Waals surface area contributed by atoms with Crippen LogP contribution in [0.3, 0.4) is 0 Å². The van der Waals surface area contributed by atoms with Gasteiger partial charge in [-0.25, -0.2) is 0 Å². The molecule has 4 nitrogen and oxygen atoms in total. The second-order valence-electron chi connectivity index (χ2n) is 5.17. The van der Waals surface area contributed by atoms with Crippen LogP contribution >= 0.6 is 0 Å². The van der Waals surface area contributed by atoms with Crippen molar-refractivity contribution in [2.24, 2.45) is 5.92 Å². The molecule has 0 N–H and O–H groups in total. The summed E-state index contributed by atoms with van der Waals surface area (Å²) in [6.45, 7) is 6.95. The molecule has 0 fully saturated rings. The number of hydrogen-bond donors (Lipinski definition) is 0. The largest absolute Gasteiger partial charge is 0.828 e. The Balaban J connectivity index is 5.23. The first-order chi connectivity index (χ1) is 10.1. The van der Waals surface area contributed by atoms with Gasteiger partial charge in [0.1, 0.15) is 6.10 Å². The molecule has 0 saturated carbocycles. The maximum atomic E-state index is 12.4. The summed E-state index contributed by atoms with van der Waals surface area (Å²) in [5.74, 6) is -4.41. The highest BCUT2D eigenvalue weighted by Gasteiger charge is 2.68. The summed E-state index contributed by atoms with van der Waals surface area (Å²) in [5.41, 5.74) is -5.76. The monoisotopic (exact) mass is 349 g/mol. The van der Waals surface area contributed by atoms with E-state index in [0.29, 0.717) is 0 Å². The number of allylic oxidation sites excluding steroid dienone is 1. The number of carbonyl (C=O) groups is 2. The number of esters is 1. The van der Waals surface area contributed by atoms with Crippen LogP contribution in [0.15, 0.2) is 12.2 Å². The number of halogens is 6. The molecular weight excluding hydrogens is 334 g/mol. The molecule has 0 saturated heterocycles. The Bertz CT molecular complexity index is 466. The van der Waals surface area contributed by atoms with E-state index < -0.39 is 41.7 Å². The van der Waals surface area contributed by atoms with Crippen LogP contribution in [0.25, 0.3) is 0 Å². The average molecular weight is 349 g/mol. The number of hydrogen-bond acceptors (Lipinski definition) is 4. The van der Waals surface area contributed by atoms with Gasteiger partial charge in [-0.3, -0.25) is 9.59 Å². The van der Waals surface area contributed by atoms with Crippen LogP contribution in [0, 0.1) is 5.92 Å². The van der Waals surface area contributed by atoms with Crippen LogP contribution in [-0.4, -0.2) is 35.8 Å². The van der Waals surface area contributed by atoms with Crippen LogP contribution in [0.5, 0.6) is 0 Å². The van der Waals surface area contributed by atoms with E-state index in [1.54, 1.807) is 0 Å². The Morgan fingerprint density at radius 1 is 1.09 bits per heavy atom. The number of carbonyl (C=O) groups excluding carboxylic acids is 2. The third kappa shape index (κ3) is 4.69. The first-order valence-electron chi connectivity index (χ1n) is 6.29. The van der Waals surface area contributed by atoms with E-state index in [1.807, 2.05) is 0 Å². The molecule has 23 heavy (non-hydrogen) atoms. The van der Waals surface area contributed by atoms with Gasteiger partial charge in [-0.1, -0.05) is 13.5 Å². The maximum Gasteiger partial charge on any atom is 0.399 e. The van der Waals surface area contributed by atoms with E-state index in [-0.39, 0.29) is 12.0 Å². The maximum absolute atomic E-state index is 12.4. The molecule has 0 aromatic rings. The number of ether oxygens (including phenoxy) is 1. The van der Waals surface area contributed by atoms with Gasteiger partial charge in [0.15, 0.2) is 11.4 Å². The first kappa shape index (κ1) is 21.4. The summed E-state index contributed by atoms with van der Waals surface area (Å²) < 4.78 is 78.6. The SMILES string of the molecule is C=C(C)C(=O)CC(C)C(C)OC(=O)C([O-])(C(F)(F)F)C(F)(F)F. The van der Waals surface area contributed by atoms with Crippen LogP contribution in [0.1, 0.15) is 27.2 Å². The minimum atomic E-state index is -6.42. The minimum absolute atomic E-state index is 0.124. The van der Waals surface area contributed by atoms with Crippen LogP contribution in [-0.2, 0) is 14.3 Å². The third-order valence-corrected chi connectivity index (χ3v) is 3.16. The molecular formula is C13H15F6O4-. The molecule has 2 unspecified atom stereocenters. The lowest BCUT2D eigenvalue weighted by Gasteiger charge is -2.41. The Morgan fingerprint density at radius 2 is 1.48 bits per heavy atom. The third-order valence-electron chi connectivity index (χ3n) is 3.16. The molecule has 2 atom stereocenters. The van der Waals surface area contributed by atoms with Crippen LogP contribution in [0.4, 0.5) is 26.3 Å². The molecule has 0 aliphatic rings. The predicted molar refractivity (Wildman–Crippen MR) is 64.0 cm³/mol. The Kier molecular flexibility index (Phi) is 6.42. The summed E-state index contributed by atoms with van der Waals surface area (Å²) >= 11 is 0. The van der Waals surface area contributed by atoms with Crippen molar-refractivity contribution >= 4 is 11.8 Å². The van der Waals surface area contributed by atoms with Crippen molar-refractivity contribution in [2.45, 2.75) is 51.2 Å². The van der Waals surface area contributed by atoms with Crippen molar-refractivity contribution in [2.75, 3.05) is 0 Å². The highest BCUT2D eigenvalue weighted by Crippen LogP contribution is 2.42. The van der Waals surface area contributed by atoms with E-state index in [0.717, 1.165) is 6.92 Å². The lowest BCUT2D eigenvalue weighted by Crippen LogP contribution is -2.72. The first-order valence-corrected chi connectivity index (χ1v) is 6.29. The van der Waals surface area contributed by atoms with Gasteiger partial charge in [0.25, 0.3) is 0 Å². The lowest BCUT2D eigenvalue weighted by atomic mass is 9.96. The van der Waals surface area contributed by atoms with Crippen LogP contribution in [0.2, 0.25) is 0 Å². The van der Waals surface area contributed by atoms with Gasteiger partial charge in [0.2, 0.25) is 0 Å². The molecule has 0 aromatic heterocycles. The van der Waals surface area contributed by atoms with Crippen molar-refractivity contribution in [3.05, 3.63) is 12.2 Å². The highest BCUT2D eigenvalue weighted by atomic mass is 19.4. The van der Waals surface area contributed by atoms with Crippen molar-refractivity contribution in [1.82, 2.24) is 0 Å². The summed E-state index contributed by atoms with van der Waals surface area (Å²) in [6.07, 6.45) is -14.7.